The highest BCUT2D eigenvalue weighted by Gasteiger charge is 1.80. The standard InChI is InChI=1S/C8H8N2/c1-2-3-4-8-5-6-9-10-7-8/h5-7H,2H2,1H3. The largest absolute Gasteiger partial charge is 0.159 e. The van der Waals surface area contributed by atoms with E-state index >= 15 is 0 Å². The minimum atomic E-state index is 0.877. The van der Waals surface area contributed by atoms with Gasteiger partial charge in [-0.3, -0.25) is 0 Å². The highest BCUT2D eigenvalue weighted by molar-refractivity contribution is 5.29. The molecule has 0 radical (unpaired) electrons. The Hall–Kier alpha value is -1.36. The monoisotopic (exact) mass is 132 g/mol. The quantitative estimate of drug-likeness (QED) is 0.496. The van der Waals surface area contributed by atoms with Gasteiger partial charge in [-0.25, -0.2) is 0 Å². The van der Waals surface area contributed by atoms with E-state index in [0.717, 1.165) is 12.0 Å². The Balaban J connectivity index is 2.76. The van der Waals surface area contributed by atoms with Gasteiger partial charge in [-0.15, -0.1) is 0 Å². The van der Waals surface area contributed by atoms with Crippen molar-refractivity contribution >= 4 is 0 Å². The van der Waals surface area contributed by atoms with Gasteiger partial charge in [0.15, 0.2) is 0 Å². The molecule has 10 heavy (non-hydrogen) atoms. The lowest BCUT2D eigenvalue weighted by atomic mass is 10.3. The molecule has 0 fully saturated rings. The summed E-state index contributed by atoms with van der Waals surface area (Å²) in [5.41, 5.74) is 0.928. The van der Waals surface area contributed by atoms with Crippen molar-refractivity contribution in [1.82, 2.24) is 10.2 Å². The van der Waals surface area contributed by atoms with Crippen LogP contribution in [0, 0.1) is 11.8 Å². The number of hydrogen-bond donors (Lipinski definition) is 0. The molecule has 0 amide bonds. The third-order valence-corrected chi connectivity index (χ3v) is 0.994. The molecule has 0 bridgehead atoms. The normalized spacial score (nSPS) is 8.10. The average Bonchev–Trinajstić information content (AvgIpc) is 2.03. The molecule has 1 heterocycles. The van der Waals surface area contributed by atoms with Crippen molar-refractivity contribution in [3.63, 3.8) is 0 Å². The third-order valence-electron chi connectivity index (χ3n) is 0.994. The molecule has 50 valence electrons. The fourth-order valence-electron chi connectivity index (χ4n) is 0.555. The summed E-state index contributed by atoms with van der Waals surface area (Å²) in [5, 5.41) is 7.32. The molecular formula is C8H8N2. The summed E-state index contributed by atoms with van der Waals surface area (Å²) < 4.78 is 0. The van der Waals surface area contributed by atoms with E-state index in [1.54, 1.807) is 12.4 Å². The smallest absolute Gasteiger partial charge is 0.0652 e. The lowest BCUT2D eigenvalue weighted by Crippen LogP contribution is -1.79. The minimum absolute atomic E-state index is 0.877. The number of nitrogens with zero attached hydrogens (tertiary/aromatic N) is 2. The lowest BCUT2D eigenvalue weighted by Gasteiger charge is -1.82. The van der Waals surface area contributed by atoms with Crippen molar-refractivity contribution in [2.24, 2.45) is 0 Å². The van der Waals surface area contributed by atoms with Crippen LogP contribution in [0.5, 0.6) is 0 Å². The van der Waals surface area contributed by atoms with Crippen LogP contribution < -0.4 is 0 Å². The molecule has 1 aromatic heterocycles. The van der Waals surface area contributed by atoms with Crippen LogP contribution in [0.3, 0.4) is 0 Å². The second-order valence-corrected chi connectivity index (χ2v) is 1.79. The Kier molecular flexibility index (Phi) is 2.45. The van der Waals surface area contributed by atoms with Gasteiger partial charge >= 0.3 is 0 Å². The van der Waals surface area contributed by atoms with Gasteiger partial charge in [-0.1, -0.05) is 18.8 Å². The topological polar surface area (TPSA) is 25.8 Å². The van der Waals surface area contributed by atoms with Gasteiger partial charge in [-0.05, 0) is 6.07 Å². The lowest BCUT2D eigenvalue weighted by molar-refractivity contribution is 1.03. The molecule has 0 saturated carbocycles. The minimum Gasteiger partial charge on any atom is -0.159 e. The number of aromatic nitrogens is 2. The van der Waals surface area contributed by atoms with Crippen LogP contribution in [0.15, 0.2) is 18.5 Å². The van der Waals surface area contributed by atoms with Crippen LogP contribution in [0.25, 0.3) is 0 Å². The highest BCUT2D eigenvalue weighted by atomic mass is 15.1. The van der Waals surface area contributed by atoms with Gasteiger partial charge in [-0.2, -0.15) is 10.2 Å². The van der Waals surface area contributed by atoms with Crippen molar-refractivity contribution in [3.8, 4) is 11.8 Å². The maximum Gasteiger partial charge on any atom is 0.0652 e. The SMILES string of the molecule is CCC#Cc1ccnnc1. The zero-order valence-electron chi connectivity index (χ0n) is 5.83. The summed E-state index contributed by atoms with van der Waals surface area (Å²) >= 11 is 0. The van der Waals surface area contributed by atoms with Crippen molar-refractivity contribution in [3.05, 3.63) is 24.0 Å². The average molecular weight is 132 g/mol. The predicted molar refractivity (Wildman–Crippen MR) is 39.2 cm³/mol. The van der Waals surface area contributed by atoms with Gasteiger partial charge in [0.1, 0.15) is 0 Å². The van der Waals surface area contributed by atoms with E-state index in [-0.39, 0.29) is 0 Å². The molecule has 2 heteroatoms. The molecule has 2 nitrogen and oxygen atoms in total. The first-order valence-corrected chi connectivity index (χ1v) is 3.19. The van der Waals surface area contributed by atoms with Crippen LogP contribution in [-0.2, 0) is 0 Å². The molecule has 0 aliphatic heterocycles. The van der Waals surface area contributed by atoms with Crippen LogP contribution in [0.1, 0.15) is 18.9 Å². The van der Waals surface area contributed by atoms with Crippen molar-refractivity contribution < 1.29 is 0 Å². The summed E-state index contributed by atoms with van der Waals surface area (Å²) in [7, 11) is 0. The van der Waals surface area contributed by atoms with Gasteiger partial charge in [0.05, 0.1) is 12.4 Å². The summed E-state index contributed by atoms with van der Waals surface area (Å²) in [4.78, 5) is 0. The van der Waals surface area contributed by atoms with E-state index in [4.69, 9.17) is 0 Å². The first kappa shape index (κ1) is 6.76. The zero-order valence-corrected chi connectivity index (χ0v) is 5.83. The van der Waals surface area contributed by atoms with Crippen molar-refractivity contribution in [2.75, 3.05) is 0 Å². The fourth-order valence-corrected chi connectivity index (χ4v) is 0.555. The third kappa shape index (κ3) is 1.87. The summed E-state index contributed by atoms with van der Waals surface area (Å²) in [5.74, 6) is 5.89. The number of rotatable bonds is 0. The second-order valence-electron chi connectivity index (χ2n) is 1.79. The molecule has 0 aliphatic carbocycles. The van der Waals surface area contributed by atoms with Crippen LogP contribution in [0.2, 0.25) is 0 Å². The zero-order chi connectivity index (χ0) is 7.23. The van der Waals surface area contributed by atoms with Gasteiger partial charge in [0.2, 0.25) is 0 Å². The Labute approximate surface area is 60.3 Å². The van der Waals surface area contributed by atoms with Crippen molar-refractivity contribution in [1.29, 1.82) is 0 Å². The Bertz CT molecular complexity index is 243. The molecule has 0 aliphatic rings. The van der Waals surface area contributed by atoms with E-state index in [1.807, 2.05) is 13.0 Å². The molecule has 1 aromatic rings. The summed E-state index contributed by atoms with van der Waals surface area (Å²) in [6.07, 6.45) is 4.17. The second kappa shape index (κ2) is 3.62. The first-order chi connectivity index (χ1) is 4.93. The van der Waals surface area contributed by atoms with Crippen LogP contribution in [0.4, 0.5) is 0 Å². The van der Waals surface area contributed by atoms with Gasteiger partial charge in [0, 0.05) is 12.0 Å². The molecule has 0 N–H and O–H groups in total. The molecule has 0 atom stereocenters. The van der Waals surface area contributed by atoms with Crippen molar-refractivity contribution in [2.45, 2.75) is 13.3 Å². The van der Waals surface area contributed by atoms with Gasteiger partial charge < -0.3 is 0 Å². The van der Waals surface area contributed by atoms with E-state index in [1.165, 1.54) is 0 Å². The van der Waals surface area contributed by atoms with E-state index in [9.17, 15) is 0 Å². The first-order valence-electron chi connectivity index (χ1n) is 3.19. The fraction of sp³-hybridized carbons (Fsp3) is 0.250. The maximum atomic E-state index is 3.69. The Morgan fingerprint density at radius 2 is 2.40 bits per heavy atom. The maximum absolute atomic E-state index is 3.69. The van der Waals surface area contributed by atoms with E-state index in [2.05, 4.69) is 22.0 Å². The molecule has 0 spiro atoms. The molecule has 1 rings (SSSR count). The molecule has 0 unspecified atom stereocenters. The van der Waals surface area contributed by atoms with E-state index in [0.29, 0.717) is 0 Å². The molecule has 0 saturated heterocycles. The number of hydrogen-bond acceptors (Lipinski definition) is 2. The predicted octanol–water partition coefficient (Wildman–Crippen LogP) is 1.24. The Morgan fingerprint density at radius 1 is 1.50 bits per heavy atom. The highest BCUT2D eigenvalue weighted by Crippen LogP contribution is 1.88. The Morgan fingerprint density at radius 3 is 3.00 bits per heavy atom. The molecular weight excluding hydrogens is 124 g/mol. The summed E-state index contributed by atoms with van der Waals surface area (Å²) in [6.45, 7) is 2.02. The van der Waals surface area contributed by atoms with Crippen LogP contribution in [-0.4, -0.2) is 10.2 Å². The van der Waals surface area contributed by atoms with Gasteiger partial charge in [0.25, 0.3) is 0 Å². The molecule has 0 aromatic carbocycles. The van der Waals surface area contributed by atoms with Crippen LogP contribution >= 0.6 is 0 Å². The van der Waals surface area contributed by atoms with E-state index < -0.39 is 0 Å². The summed E-state index contributed by atoms with van der Waals surface area (Å²) in [6, 6.07) is 1.84.